The summed E-state index contributed by atoms with van der Waals surface area (Å²) >= 11 is 0. The van der Waals surface area contributed by atoms with Crippen molar-refractivity contribution in [2.45, 2.75) is 13.0 Å². The van der Waals surface area contributed by atoms with E-state index in [0.717, 1.165) is 6.26 Å². The van der Waals surface area contributed by atoms with Gasteiger partial charge in [0, 0.05) is 25.2 Å². The van der Waals surface area contributed by atoms with E-state index in [1.165, 1.54) is 28.6 Å². The van der Waals surface area contributed by atoms with E-state index >= 15 is 0 Å². The third-order valence-electron chi connectivity index (χ3n) is 3.70. The Bertz CT molecular complexity index is 836. The predicted molar refractivity (Wildman–Crippen MR) is 97.9 cm³/mol. The molecular weight excluding hydrogens is 359 g/mol. The summed E-state index contributed by atoms with van der Waals surface area (Å²) in [4.78, 5) is 12.1. The molecule has 8 heteroatoms. The van der Waals surface area contributed by atoms with Crippen LogP contribution in [0.3, 0.4) is 0 Å². The highest BCUT2D eigenvalue weighted by atomic mass is 32.2. The third-order valence-corrected chi connectivity index (χ3v) is 4.95. The van der Waals surface area contributed by atoms with Gasteiger partial charge in [-0.2, -0.15) is 4.31 Å². The second-order valence-corrected chi connectivity index (χ2v) is 7.73. The van der Waals surface area contributed by atoms with E-state index in [0.29, 0.717) is 17.0 Å². The van der Waals surface area contributed by atoms with Crippen molar-refractivity contribution in [3.63, 3.8) is 0 Å². The van der Waals surface area contributed by atoms with Gasteiger partial charge in [-0.3, -0.25) is 4.79 Å². The Morgan fingerprint density at radius 1 is 1.12 bits per heavy atom. The molecule has 0 saturated carbocycles. The van der Waals surface area contributed by atoms with Crippen molar-refractivity contribution in [2.24, 2.45) is 0 Å². The Labute approximate surface area is 152 Å². The molecule has 0 heterocycles. The van der Waals surface area contributed by atoms with E-state index in [9.17, 15) is 17.6 Å². The number of hydrogen-bond donors (Lipinski definition) is 1. The lowest BCUT2D eigenvalue weighted by molar-refractivity contribution is -0.116. The van der Waals surface area contributed by atoms with E-state index in [2.05, 4.69) is 5.32 Å². The highest BCUT2D eigenvalue weighted by Crippen LogP contribution is 2.15. The number of methoxy groups -OCH3 is 1. The molecule has 1 amide bonds. The molecule has 0 aliphatic heterocycles. The molecule has 140 valence electrons. The fourth-order valence-corrected chi connectivity index (χ4v) is 3.09. The third kappa shape index (κ3) is 6.12. The molecule has 2 aromatic carbocycles. The average Bonchev–Trinajstić information content (AvgIpc) is 2.60. The van der Waals surface area contributed by atoms with Crippen LogP contribution in [-0.2, 0) is 21.4 Å². The number of sulfonamides is 1. The van der Waals surface area contributed by atoms with Gasteiger partial charge in [-0.15, -0.1) is 0 Å². The molecule has 0 atom stereocenters. The average molecular weight is 380 g/mol. The lowest BCUT2D eigenvalue weighted by Crippen LogP contribution is -2.32. The zero-order chi connectivity index (χ0) is 19.2. The first-order valence-electron chi connectivity index (χ1n) is 7.91. The van der Waals surface area contributed by atoms with Crippen molar-refractivity contribution >= 4 is 21.6 Å². The molecule has 1 N–H and O–H groups in total. The van der Waals surface area contributed by atoms with Crippen molar-refractivity contribution in [1.29, 1.82) is 0 Å². The number of rotatable bonds is 8. The topological polar surface area (TPSA) is 75.7 Å². The Kier molecular flexibility index (Phi) is 6.70. The highest BCUT2D eigenvalue weighted by molar-refractivity contribution is 7.88. The lowest BCUT2D eigenvalue weighted by atomic mass is 10.2. The van der Waals surface area contributed by atoms with E-state index in [1.54, 1.807) is 31.4 Å². The van der Waals surface area contributed by atoms with Crippen LogP contribution in [0.15, 0.2) is 48.5 Å². The van der Waals surface area contributed by atoms with Crippen molar-refractivity contribution < 1.29 is 22.3 Å². The maximum atomic E-state index is 13.0. The minimum absolute atomic E-state index is 0.000292. The number of nitrogens with one attached hydrogen (secondary N) is 1. The largest absolute Gasteiger partial charge is 0.497 e. The number of hydrogen-bond acceptors (Lipinski definition) is 4. The van der Waals surface area contributed by atoms with Crippen LogP contribution in [-0.4, -0.2) is 38.5 Å². The fraction of sp³-hybridized carbons (Fsp3) is 0.278. The molecule has 2 rings (SSSR count). The van der Waals surface area contributed by atoms with Crippen molar-refractivity contribution in [1.82, 2.24) is 4.31 Å². The summed E-state index contributed by atoms with van der Waals surface area (Å²) in [6.07, 6.45) is 1.08. The number of benzene rings is 2. The predicted octanol–water partition coefficient (Wildman–Crippen LogP) is 2.62. The van der Waals surface area contributed by atoms with Crippen LogP contribution in [0.25, 0.3) is 0 Å². The number of carbonyl (C=O) groups excluding carboxylic acids is 1. The summed E-state index contributed by atoms with van der Waals surface area (Å²) in [6, 6.07) is 12.4. The molecule has 0 saturated heterocycles. The Morgan fingerprint density at radius 2 is 1.73 bits per heavy atom. The standard InChI is InChI=1S/C18H21FN2O4S/c1-25-17-9-7-16(8-10-17)20-18(22)11-12-21(26(2,23)24)13-14-3-5-15(19)6-4-14/h3-10H,11-13H2,1-2H3,(H,20,22). The van der Waals surface area contributed by atoms with Crippen LogP contribution in [0.2, 0.25) is 0 Å². The molecule has 0 aromatic heterocycles. The van der Waals surface area contributed by atoms with Crippen LogP contribution in [0.5, 0.6) is 5.75 Å². The molecule has 0 aliphatic carbocycles. The maximum absolute atomic E-state index is 13.0. The van der Waals surface area contributed by atoms with Crippen molar-refractivity contribution in [2.75, 3.05) is 25.2 Å². The van der Waals surface area contributed by atoms with Crippen LogP contribution in [0.1, 0.15) is 12.0 Å². The molecule has 0 aliphatic rings. The van der Waals surface area contributed by atoms with E-state index in [-0.39, 0.29) is 25.4 Å². The first-order valence-corrected chi connectivity index (χ1v) is 9.76. The molecule has 6 nitrogen and oxygen atoms in total. The van der Waals surface area contributed by atoms with Crippen LogP contribution in [0.4, 0.5) is 10.1 Å². The van der Waals surface area contributed by atoms with Crippen LogP contribution in [0, 0.1) is 5.82 Å². The molecule has 0 spiro atoms. The van der Waals surface area contributed by atoms with Gasteiger partial charge in [0.2, 0.25) is 15.9 Å². The van der Waals surface area contributed by atoms with Crippen molar-refractivity contribution in [3.05, 3.63) is 59.9 Å². The summed E-state index contributed by atoms with van der Waals surface area (Å²) in [5, 5.41) is 2.71. The van der Waals surface area contributed by atoms with Crippen molar-refractivity contribution in [3.8, 4) is 5.75 Å². The molecule has 26 heavy (non-hydrogen) atoms. The monoisotopic (exact) mass is 380 g/mol. The Hall–Kier alpha value is -2.45. The minimum Gasteiger partial charge on any atom is -0.497 e. The normalized spacial score (nSPS) is 11.4. The first kappa shape index (κ1) is 19.9. The van der Waals surface area contributed by atoms with Crippen LogP contribution >= 0.6 is 0 Å². The van der Waals surface area contributed by atoms with Gasteiger partial charge >= 0.3 is 0 Å². The summed E-state index contributed by atoms with van der Waals surface area (Å²) < 4.78 is 43.1. The summed E-state index contributed by atoms with van der Waals surface area (Å²) in [5.74, 6) is -0.0213. The van der Waals surface area contributed by atoms with E-state index in [4.69, 9.17) is 4.74 Å². The smallest absolute Gasteiger partial charge is 0.225 e. The number of carbonyl (C=O) groups is 1. The van der Waals surface area contributed by atoms with Gasteiger partial charge in [-0.05, 0) is 42.0 Å². The number of amides is 1. The number of anilines is 1. The second kappa shape index (κ2) is 8.77. The molecule has 0 unspecified atom stereocenters. The van der Waals surface area contributed by atoms with Gasteiger partial charge in [0.15, 0.2) is 0 Å². The van der Waals surface area contributed by atoms with Gasteiger partial charge in [-0.25, -0.2) is 12.8 Å². The highest BCUT2D eigenvalue weighted by Gasteiger charge is 2.18. The summed E-state index contributed by atoms with van der Waals surface area (Å²) in [7, 11) is -1.96. The van der Waals surface area contributed by atoms with E-state index < -0.39 is 15.8 Å². The zero-order valence-corrected chi connectivity index (χ0v) is 15.4. The number of ether oxygens (including phenoxy) is 1. The first-order chi connectivity index (χ1) is 12.3. The summed E-state index contributed by atoms with van der Waals surface area (Å²) in [5.41, 5.74) is 1.24. The SMILES string of the molecule is COc1ccc(NC(=O)CCN(Cc2ccc(F)cc2)S(C)(=O)=O)cc1. The molecule has 2 aromatic rings. The van der Waals surface area contributed by atoms with Crippen LogP contribution < -0.4 is 10.1 Å². The quantitative estimate of drug-likeness (QED) is 0.764. The fourth-order valence-electron chi connectivity index (χ4n) is 2.28. The number of nitrogens with zero attached hydrogens (tertiary/aromatic N) is 1. The maximum Gasteiger partial charge on any atom is 0.225 e. The molecule has 0 bridgehead atoms. The minimum atomic E-state index is -3.51. The Balaban J connectivity index is 1.95. The van der Waals surface area contributed by atoms with Gasteiger partial charge in [-0.1, -0.05) is 12.1 Å². The second-order valence-electron chi connectivity index (χ2n) is 5.75. The molecule has 0 radical (unpaired) electrons. The number of halogens is 1. The van der Waals surface area contributed by atoms with Gasteiger partial charge in [0.05, 0.1) is 13.4 Å². The van der Waals surface area contributed by atoms with Gasteiger partial charge in [0.25, 0.3) is 0 Å². The molecular formula is C18H21FN2O4S. The van der Waals surface area contributed by atoms with Gasteiger partial charge < -0.3 is 10.1 Å². The zero-order valence-electron chi connectivity index (χ0n) is 14.6. The Morgan fingerprint density at radius 3 is 2.27 bits per heavy atom. The lowest BCUT2D eigenvalue weighted by Gasteiger charge is -2.20. The van der Waals surface area contributed by atoms with E-state index in [1.807, 2.05) is 0 Å². The molecule has 0 fully saturated rings. The summed E-state index contributed by atoms with van der Waals surface area (Å²) in [6.45, 7) is 0.104. The van der Waals surface area contributed by atoms with Gasteiger partial charge in [0.1, 0.15) is 11.6 Å².